The second-order valence-corrected chi connectivity index (χ2v) is 5.49. The van der Waals surface area contributed by atoms with Crippen molar-refractivity contribution in [2.75, 3.05) is 13.6 Å². The lowest BCUT2D eigenvalue weighted by Crippen LogP contribution is -2.28. The van der Waals surface area contributed by atoms with Crippen molar-refractivity contribution in [3.63, 3.8) is 0 Å². The molecular weight excluding hydrogens is 293 g/mol. The third kappa shape index (κ3) is 4.81. The number of halogens is 1. The predicted octanol–water partition coefficient (Wildman–Crippen LogP) is 4.28. The van der Waals surface area contributed by atoms with Crippen LogP contribution in [-0.2, 0) is 6.61 Å². The molecule has 0 radical (unpaired) electrons. The van der Waals surface area contributed by atoms with E-state index < -0.39 is 0 Å². The highest BCUT2D eigenvalue weighted by atomic mass is 19.1. The lowest BCUT2D eigenvalue weighted by Gasteiger charge is -2.19. The van der Waals surface area contributed by atoms with E-state index in [1.165, 1.54) is 12.1 Å². The third-order valence-corrected chi connectivity index (χ3v) is 3.62. The maximum absolute atomic E-state index is 12.9. The SMILES string of the molecule is CCCCN(C)C(=O)c1ccccc1OCc1ccc(F)cc1. The van der Waals surface area contributed by atoms with Crippen LogP contribution in [0.2, 0.25) is 0 Å². The second kappa shape index (κ2) is 8.32. The van der Waals surface area contributed by atoms with Crippen LogP contribution in [0.25, 0.3) is 0 Å². The van der Waals surface area contributed by atoms with E-state index in [9.17, 15) is 9.18 Å². The van der Waals surface area contributed by atoms with Crippen LogP contribution in [0.1, 0.15) is 35.7 Å². The zero-order chi connectivity index (χ0) is 16.7. The van der Waals surface area contributed by atoms with E-state index in [1.807, 2.05) is 12.1 Å². The highest BCUT2D eigenvalue weighted by Gasteiger charge is 2.16. The first-order valence-corrected chi connectivity index (χ1v) is 7.83. The minimum Gasteiger partial charge on any atom is -0.488 e. The van der Waals surface area contributed by atoms with Gasteiger partial charge in [-0.25, -0.2) is 4.39 Å². The highest BCUT2D eigenvalue weighted by Crippen LogP contribution is 2.21. The Balaban J connectivity index is 2.07. The van der Waals surface area contributed by atoms with Gasteiger partial charge in [0.05, 0.1) is 5.56 Å². The van der Waals surface area contributed by atoms with Gasteiger partial charge in [0.15, 0.2) is 0 Å². The molecule has 0 atom stereocenters. The number of hydrogen-bond donors (Lipinski definition) is 0. The predicted molar refractivity (Wildman–Crippen MR) is 89.0 cm³/mol. The van der Waals surface area contributed by atoms with Gasteiger partial charge in [-0.05, 0) is 36.2 Å². The average Bonchev–Trinajstić information content (AvgIpc) is 2.58. The van der Waals surface area contributed by atoms with E-state index in [4.69, 9.17) is 4.74 Å². The molecule has 2 aromatic carbocycles. The molecule has 0 aliphatic rings. The minimum absolute atomic E-state index is 0.0480. The van der Waals surface area contributed by atoms with E-state index in [-0.39, 0.29) is 11.7 Å². The first-order chi connectivity index (χ1) is 11.1. The summed E-state index contributed by atoms with van der Waals surface area (Å²) in [5.74, 6) is 0.222. The van der Waals surface area contributed by atoms with Crippen LogP contribution in [-0.4, -0.2) is 24.4 Å². The summed E-state index contributed by atoms with van der Waals surface area (Å²) in [4.78, 5) is 14.2. The number of amides is 1. The summed E-state index contributed by atoms with van der Waals surface area (Å²) < 4.78 is 18.7. The summed E-state index contributed by atoms with van der Waals surface area (Å²) in [5.41, 5.74) is 1.40. The number of rotatable bonds is 7. The van der Waals surface area contributed by atoms with Crippen molar-refractivity contribution < 1.29 is 13.9 Å². The van der Waals surface area contributed by atoms with E-state index >= 15 is 0 Å². The molecule has 2 aromatic rings. The van der Waals surface area contributed by atoms with Gasteiger partial charge in [0, 0.05) is 13.6 Å². The molecule has 122 valence electrons. The zero-order valence-electron chi connectivity index (χ0n) is 13.6. The highest BCUT2D eigenvalue weighted by molar-refractivity contribution is 5.96. The van der Waals surface area contributed by atoms with Gasteiger partial charge >= 0.3 is 0 Å². The fourth-order valence-electron chi connectivity index (χ4n) is 2.21. The molecule has 0 bridgehead atoms. The van der Waals surface area contributed by atoms with Crippen LogP contribution in [0.3, 0.4) is 0 Å². The summed E-state index contributed by atoms with van der Waals surface area (Å²) in [5, 5.41) is 0. The number of benzene rings is 2. The molecule has 0 heterocycles. The van der Waals surface area contributed by atoms with Gasteiger partial charge in [-0.3, -0.25) is 4.79 Å². The van der Waals surface area contributed by atoms with Crippen LogP contribution in [0.15, 0.2) is 48.5 Å². The molecule has 0 saturated carbocycles. The van der Waals surface area contributed by atoms with Gasteiger partial charge in [0.1, 0.15) is 18.2 Å². The van der Waals surface area contributed by atoms with Gasteiger partial charge < -0.3 is 9.64 Å². The van der Waals surface area contributed by atoms with Crippen LogP contribution in [0.4, 0.5) is 4.39 Å². The monoisotopic (exact) mass is 315 g/mol. The molecule has 0 N–H and O–H groups in total. The number of carbonyl (C=O) groups excluding carboxylic acids is 1. The Morgan fingerprint density at radius 3 is 2.52 bits per heavy atom. The van der Waals surface area contributed by atoms with Crippen molar-refractivity contribution in [3.05, 3.63) is 65.5 Å². The molecule has 1 amide bonds. The summed E-state index contributed by atoms with van der Waals surface area (Å²) in [6, 6.07) is 13.4. The topological polar surface area (TPSA) is 29.5 Å². The number of para-hydroxylation sites is 1. The van der Waals surface area contributed by atoms with E-state index in [2.05, 4.69) is 6.92 Å². The number of carbonyl (C=O) groups is 1. The van der Waals surface area contributed by atoms with E-state index in [0.29, 0.717) is 17.9 Å². The fourth-order valence-corrected chi connectivity index (χ4v) is 2.21. The first kappa shape index (κ1) is 17.0. The normalized spacial score (nSPS) is 10.4. The lowest BCUT2D eigenvalue weighted by atomic mass is 10.1. The Kier molecular flexibility index (Phi) is 6.15. The Hall–Kier alpha value is -2.36. The van der Waals surface area contributed by atoms with Crippen molar-refractivity contribution in [2.24, 2.45) is 0 Å². The van der Waals surface area contributed by atoms with E-state index in [1.54, 1.807) is 36.2 Å². The van der Waals surface area contributed by atoms with Gasteiger partial charge in [-0.2, -0.15) is 0 Å². The van der Waals surface area contributed by atoms with Crippen molar-refractivity contribution in [3.8, 4) is 5.75 Å². The number of hydrogen-bond acceptors (Lipinski definition) is 2. The van der Waals surface area contributed by atoms with Crippen LogP contribution >= 0.6 is 0 Å². The van der Waals surface area contributed by atoms with Gasteiger partial charge in [-0.15, -0.1) is 0 Å². The molecule has 0 aliphatic carbocycles. The maximum atomic E-state index is 12.9. The summed E-state index contributed by atoms with van der Waals surface area (Å²) in [6.07, 6.45) is 2.02. The molecule has 0 unspecified atom stereocenters. The van der Waals surface area contributed by atoms with Crippen molar-refractivity contribution >= 4 is 5.91 Å². The molecule has 3 nitrogen and oxygen atoms in total. The first-order valence-electron chi connectivity index (χ1n) is 7.83. The third-order valence-electron chi connectivity index (χ3n) is 3.62. The van der Waals surface area contributed by atoms with Crippen LogP contribution < -0.4 is 4.74 Å². The second-order valence-electron chi connectivity index (χ2n) is 5.49. The van der Waals surface area contributed by atoms with Crippen LogP contribution in [0, 0.1) is 5.82 Å². The molecular formula is C19H22FNO2. The lowest BCUT2D eigenvalue weighted by molar-refractivity contribution is 0.0788. The molecule has 0 saturated heterocycles. The minimum atomic E-state index is -0.276. The summed E-state index contributed by atoms with van der Waals surface area (Å²) >= 11 is 0. The molecule has 2 rings (SSSR count). The van der Waals surface area contributed by atoms with Crippen LogP contribution in [0.5, 0.6) is 5.75 Å². The smallest absolute Gasteiger partial charge is 0.257 e. The van der Waals surface area contributed by atoms with Crippen molar-refractivity contribution in [2.45, 2.75) is 26.4 Å². The molecule has 0 aromatic heterocycles. The summed E-state index contributed by atoms with van der Waals surface area (Å²) in [7, 11) is 1.80. The van der Waals surface area contributed by atoms with Gasteiger partial charge in [0.25, 0.3) is 5.91 Å². The Morgan fingerprint density at radius 2 is 1.83 bits per heavy atom. The standard InChI is InChI=1S/C19H22FNO2/c1-3-4-13-21(2)19(22)17-7-5-6-8-18(17)23-14-15-9-11-16(20)12-10-15/h5-12H,3-4,13-14H2,1-2H3. The van der Waals surface area contributed by atoms with Crippen molar-refractivity contribution in [1.29, 1.82) is 0 Å². The largest absolute Gasteiger partial charge is 0.488 e. The van der Waals surface area contributed by atoms with Gasteiger partial charge in [0.2, 0.25) is 0 Å². The van der Waals surface area contributed by atoms with Crippen molar-refractivity contribution in [1.82, 2.24) is 4.90 Å². The molecule has 23 heavy (non-hydrogen) atoms. The average molecular weight is 315 g/mol. The number of unbranched alkanes of at least 4 members (excludes halogenated alkanes) is 1. The quantitative estimate of drug-likeness (QED) is 0.763. The Bertz CT molecular complexity index is 640. The molecule has 0 fully saturated rings. The Labute approximate surface area is 136 Å². The van der Waals surface area contributed by atoms with Gasteiger partial charge in [-0.1, -0.05) is 37.6 Å². The summed E-state index contributed by atoms with van der Waals surface area (Å²) in [6.45, 7) is 3.11. The number of ether oxygens (including phenoxy) is 1. The fraction of sp³-hybridized carbons (Fsp3) is 0.316. The Morgan fingerprint density at radius 1 is 1.13 bits per heavy atom. The number of nitrogens with zero attached hydrogens (tertiary/aromatic N) is 1. The molecule has 0 spiro atoms. The maximum Gasteiger partial charge on any atom is 0.257 e. The zero-order valence-corrected chi connectivity index (χ0v) is 13.6. The van der Waals surface area contributed by atoms with E-state index in [0.717, 1.165) is 24.9 Å². The molecule has 4 heteroatoms. The molecule has 0 aliphatic heterocycles.